The lowest BCUT2D eigenvalue weighted by Gasteiger charge is -2.15. The summed E-state index contributed by atoms with van der Waals surface area (Å²) >= 11 is 0. The maximum absolute atomic E-state index is 6.03. The van der Waals surface area contributed by atoms with Crippen molar-refractivity contribution in [3.05, 3.63) is 0 Å². The second-order valence-corrected chi connectivity index (χ2v) is 6.86. The first-order chi connectivity index (χ1) is 6.85. The van der Waals surface area contributed by atoms with Crippen molar-refractivity contribution < 1.29 is 4.43 Å². The van der Waals surface area contributed by atoms with Crippen molar-refractivity contribution in [3.8, 4) is 0 Å². The van der Waals surface area contributed by atoms with Gasteiger partial charge in [-0.15, -0.1) is 0 Å². The van der Waals surface area contributed by atoms with Gasteiger partial charge in [-0.3, -0.25) is 0 Å². The fourth-order valence-corrected chi connectivity index (χ4v) is 4.42. The van der Waals surface area contributed by atoms with Crippen LogP contribution < -0.4 is 0 Å². The van der Waals surface area contributed by atoms with E-state index in [1.54, 1.807) is 0 Å². The molecule has 86 valence electrons. The molecule has 0 saturated carbocycles. The van der Waals surface area contributed by atoms with E-state index in [4.69, 9.17) is 4.43 Å². The van der Waals surface area contributed by atoms with Crippen LogP contribution in [0.2, 0.25) is 12.1 Å². The molecule has 0 aliphatic rings. The van der Waals surface area contributed by atoms with E-state index in [0.29, 0.717) is 0 Å². The quantitative estimate of drug-likeness (QED) is 0.394. The van der Waals surface area contributed by atoms with Crippen LogP contribution in [0.5, 0.6) is 0 Å². The summed E-state index contributed by atoms with van der Waals surface area (Å²) in [5.41, 5.74) is 0. The van der Waals surface area contributed by atoms with Gasteiger partial charge in [-0.25, -0.2) is 0 Å². The molecule has 2 heteroatoms. The molecule has 0 atom stereocenters. The van der Waals surface area contributed by atoms with E-state index in [9.17, 15) is 0 Å². The second-order valence-electron chi connectivity index (χ2n) is 4.13. The Morgan fingerprint density at radius 3 is 1.71 bits per heavy atom. The molecule has 1 nitrogen and oxygen atoms in total. The van der Waals surface area contributed by atoms with Crippen molar-refractivity contribution >= 4 is 9.04 Å². The fraction of sp³-hybridized carbons (Fsp3) is 1.00. The van der Waals surface area contributed by atoms with Crippen LogP contribution in [0.4, 0.5) is 0 Å². The molecule has 0 aromatic heterocycles. The number of hydrogen-bond donors (Lipinski definition) is 0. The Labute approximate surface area is 92.0 Å². The predicted molar refractivity (Wildman–Crippen MR) is 67.4 cm³/mol. The standard InChI is InChI=1S/C12H28OSi/c1-4-7-10-13-14(11-8-5-2)12-9-6-3/h14H,4-12H2,1-3H3. The Morgan fingerprint density at radius 1 is 0.786 bits per heavy atom. The van der Waals surface area contributed by atoms with Crippen molar-refractivity contribution in [3.63, 3.8) is 0 Å². The zero-order valence-corrected chi connectivity index (χ0v) is 11.5. The highest BCUT2D eigenvalue weighted by Gasteiger charge is 2.09. The van der Waals surface area contributed by atoms with Gasteiger partial charge < -0.3 is 4.43 Å². The molecular formula is C12H28OSi. The van der Waals surface area contributed by atoms with Crippen molar-refractivity contribution in [2.24, 2.45) is 0 Å². The van der Waals surface area contributed by atoms with Crippen LogP contribution in [-0.2, 0) is 4.43 Å². The summed E-state index contributed by atoms with van der Waals surface area (Å²) in [4.78, 5) is 0. The smallest absolute Gasteiger partial charge is 0.176 e. The summed E-state index contributed by atoms with van der Waals surface area (Å²) in [6, 6.07) is 2.81. The second kappa shape index (κ2) is 11.3. The van der Waals surface area contributed by atoms with Gasteiger partial charge in [-0.05, 0) is 18.5 Å². The first kappa shape index (κ1) is 14.2. The Morgan fingerprint density at radius 2 is 1.29 bits per heavy atom. The molecule has 0 N–H and O–H groups in total. The average Bonchev–Trinajstić information content (AvgIpc) is 2.21. The lowest BCUT2D eigenvalue weighted by molar-refractivity contribution is 0.307. The van der Waals surface area contributed by atoms with Gasteiger partial charge in [0, 0.05) is 6.61 Å². The number of unbranched alkanes of at least 4 members (excludes halogenated alkanes) is 3. The first-order valence-corrected chi connectivity index (χ1v) is 8.57. The minimum atomic E-state index is -0.801. The van der Waals surface area contributed by atoms with Crippen LogP contribution in [-0.4, -0.2) is 15.6 Å². The van der Waals surface area contributed by atoms with Crippen molar-refractivity contribution in [2.45, 2.75) is 71.4 Å². The number of rotatable bonds is 10. The fourth-order valence-electron chi connectivity index (χ4n) is 1.57. The summed E-state index contributed by atoms with van der Waals surface area (Å²) in [6.45, 7) is 7.81. The van der Waals surface area contributed by atoms with E-state index in [1.807, 2.05) is 0 Å². The van der Waals surface area contributed by atoms with Gasteiger partial charge in [0.15, 0.2) is 9.04 Å². The molecule has 0 heterocycles. The van der Waals surface area contributed by atoms with Gasteiger partial charge in [0.2, 0.25) is 0 Å². The third-order valence-corrected chi connectivity index (χ3v) is 5.42. The molecule has 0 rings (SSSR count). The third-order valence-electron chi connectivity index (χ3n) is 2.61. The van der Waals surface area contributed by atoms with Crippen LogP contribution in [0.3, 0.4) is 0 Å². The summed E-state index contributed by atoms with van der Waals surface area (Å²) in [5, 5.41) is 0. The van der Waals surface area contributed by atoms with Gasteiger partial charge in [0.1, 0.15) is 0 Å². The third kappa shape index (κ3) is 8.76. The van der Waals surface area contributed by atoms with Crippen LogP contribution in [0.15, 0.2) is 0 Å². The topological polar surface area (TPSA) is 9.23 Å². The Bertz CT molecular complexity index is 98.5. The molecule has 0 amide bonds. The molecule has 0 aromatic carbocycles. The lowest BCUT2D eigenvalue weighted by atomic mass is 10.4. The SMILES string of the molecule is CCCCO[SiH](CCCC)CCCC. The van der Waals surface area contributed by atoms with Gasteiger partial charge in [-0.2, -0.15) is 0 Å². The molecule has 0 aliphatic carbocycles. The van der Waals surface area contributed by atoms with Crippen molar-refractivity contribution in [2.75, 3.05) is 6.61 Å². The minimum absolute atomic E-state index is 0.801. The zero-order chi connectivity index (χ0) is 10.6. The van der Waals surface area contributed by atoms with Gasteiger partial charge in [0.05, 0.1) is 0 Å². The molecule has 0 bridgehead atoms. The van der Waals surface area contributed by atoms with E-state index >= 15 is 0 Å². The highest BCUT2D eigenvalue weighted by molar-refractivity contribution is 6.51. The molecule has 0 radical (unpaired) electrons. The number of hydrogen-bond acceptors (Lipinski definition) is 1. The Balaban J connectivity index is 3.49. The van der Waals surface area contributed by atoms with E-state index < -0.39 is 9.04 Å². The summed E-state index contributed by atoms with van der Waals surface area (Å²) in [7, 11) is -0.801. The molecular weight excluding hydrogens is 188 g/mol. The summed E-state index contributed by atoms with van der Waals surface area (Å²) in [6.07, 6.45) is 7.93. The molecule has 0 unspecified atom stereocenters. The van der Waals surface area contributed by atoms with E-state index in [-0.39, 0.29) is 0 Å². The predicted octanol–water partition coefficient (Wildman–Crippen LogP) is 4.13. The van der Waals surface area contributed by atoms with Crippen molar-refractivity contribution in [1.82, 2.24) is 0 Å². The molecule has 0 saturated heterocycles. The zero-order valence-electron chi connectivity index (χ0n) is 10.3. The molecule has 0 fully saturated rings. The Kier molecular flexibility index (Phi) is 11.4. The monoisotopic (exact) mass is 216 g/mol. The Hall–Kier alpha value is 0.177. The summed E-state index contributed by atoms with van der Waals surface area (Å²) in [5.74, 6) is 0. The largest absolute Gasteiger partial charge is 0.420 e. The van der Waals surface area contributed by atoms with Crippen LogP contribution in [0.1, 0.15) is 59.3 Å². The van der Waals surface area contributed by atoms with Gasteiger partial charge in [0.25, 0.3) is 0 Å². The van der Waals surface area contributed by atoms with Crippen LogP contribution in [0.25, 0.3) is 0 Å². The van der Waals surface area contributed by atoms with Gasteiger partial charge in [-0.1, -0.05) is 52.9 Å². The van der Waals surface area contributed by atoms with Gasteiger partial charge >= 0.3 is 0 Å². The lowest BCUT2D eigenvalue weighted by Crippen LogP contribution is -2.18. The van der Waals surface area contributed by atoms with E-state index in [0.717, 1.165) is 6.61 Å². The molecule has 0 aromatic rings. The molecule has 0 aliphatic heterocycles. The molecule has 0 spiro atoms. The van der Waals surface area contributed by atoms with Crippen molar-refractivity contribution in [1.29, 1.82) is 0 Å². The minimum Gasteiger partial charge on any atom is -0.420 e. The summed E-state index contributed by atoms with van der Waals surface area (Å²) < 4.78 is 6.03. The highest BCUT2D eigenvalue weighted by Crippen LogP contribution is 2.11. The first-order valence-electron chi connectivity index (χ1n) is 6.46. The average molecular weight is 216 g/mol. The van der Waals surface area contributed by atoms with E-state index in [2.05, 4.69) is 20.8 Å². The highest BCUT2D eigenvalue weighted by atomic mass is 28.3. The van der Waals surface area contributed by atoms with Crippen LogP contribution >= 0.6 is 0 Å². The maximum atomic E-state index is 6.03. The van der Waals surface area contributed by atoms with E-state index in [1.165, 1.54) is 50.6 Å². The normalized spacial score (nSPS) is 11.1. The molecule has 14 heavy (non-hydrogen) atoms. The van der Waals surface area contributed by atoms with Crippen LogP contribution in [0, 0.1) is 0 Å². The maximum Gasteiger partial charge on any atom is 0.176 e.